The molecule has 0 spiro atoms. The smallest absolute Gasteiger partial charge is 0.227 e. The molecule has 7 heteroatoms. The van der Waals surface area contributed by atoms with Gasteiger partial charge in [-0.3, -0.25) is 14.7 Å². The molecule has 1 unspecified atom stereocenters. The highest BCUT2D eigenvalue weighted by Gasteiger charge is 2.10. The first kappa shape index (κ1) is 13.6. The second-order valence-corrected chi connectivity index (χ2v) is 4.69. The highest BCUT2D eigenvalue weighted by molar-refractivity contribution is 7.99. The minimum absolute atomic E-state index is 0.0457. The van der Waals surface area contributed by atoms with Crippen LogP contribution < -0.4 is 11.1 Å². The van der Waals surface area contributed by atoms with E-state index in [1.807, 2.05) is 6.92 Å². The molecule has 0 fully saturated rings. The predicted octanol–water partition coefficient (Wildman–Crippen LogP) is 0.196. The van der Waals surface area contributed by atoms with Crippen LogP contribution in [0.15, 0.2) is 12.4 Å². The lowest BCUT2D eigenvalue weighted by atomic mass is 10.2. The van der Waals surface area contributed by atoms with Gasteiger partial charge in [-0.05, 0) is 6.92 Å². The van der Waals surface area contributed by atoms with Crippen molar-refractivity contribution >= 4 is 23.6 Å². The van der Waals surface area contributed by atoms with E-state index in [2.05, 4.69) is 15.5 Å². The van der Waals surface area contributed by atoms with Gasteiger partial charge in [-0.1, -0.05) is 0 Å². The first-order chi connectivity index (χ1) is 8.09. The molecule has 0 aliphatic carbocycles. The van der Waals surface area contributed by atoms with Crippen molar-refractivity contribution in [3.63, 3.8) is 0 Å². The van der Waals surface area contributed by atoms with E-state index < -0.39 is 0 Å². The number of amides is 2. The molecule has 1 aromatic rings. The second-order valence-electron chi connectivity index (χ2n) is 3.59. The van der Waals surface area contributed by atoms with Crippen molar-refractivity contribution in [2.45, 2.75) is 19.4 Å². The van der Waals surface area contributed by atoms with Gasteiger partial charge in [0.2, 0.25) is 11.8 Å². The van der Waals surface area contributed by atoms with Crippen LogP contribution in [0.2, 0.25) is 0 Å². The molecule has 4 N–H and O–H groups in total. The molecule has 0 saturated heterocycles. The zero-order valence-electron chi connectivity index (χ0n) is 9.60. The highest BCUT2D eigenvalue weighted by Crippen LogP contribution is 2.09. The standard InChI is InChI=1S/C10H16N4O2S/c1-7(8-4-12-13-5-8)14-10(16)2-3-17-6-9(11)15/h4-5,7H,2-3,6H2,1H3,(H2,11,15)(H,12,13)(H,14,16). The van der Waals surface area contributed by atoms with Gasteiger partial charge < -0.3 is 11.1 Å². The van der Waals surface area contributed by atoms with Crippen molar-refractivity contribution in [2.24, 2.45) is 5.73 Å². The van der Waals surface area contributed by atoms with E-state index in [4.69, 9.17) is 5.73 Å². The summed E-state index contributed by atoms with van der Waals surface area (Å²) in [6.07, 6.45) is 3.79. The zero-order chi connectivity index (χ0) is 12.7. The third kappa shape index (κ3) is 5.39. The lowest BCUT2D eigenvalue weighted by molar-refractivity contribution is -0.121. The first-order valence-electron chi connectivity index (χ1n) is 5.23. The van der Waals surface area contributed by atoms with Gasteiger partial charge in [-0.15, -0.1) is 0 Å². The Balaban J connectivity index is 2.19. The van der Waals surface area contributed by atoms with Crippen LogP contribution in [0.5, 0.6) is 0 Å². The number of nitrogens with two attached hydrogens (primary N) is 1. The maximum absolute atomic E-state index is 11.5. The van der Waals surface area contributed by atoms with Crippen LogP contribution in [-0.2, 0) is 9.59 Å². The summed E-state index contributed by atoms with van der Waals surface area (Å²) in [5.41, 5.74) is 5.92. The number of aromatic amines is 1. The molecule has 1 rings (SSSR count). The topological polar surface area (TPSA) is 101 Å². The van der Waals surface area contributed by atoms with Crippen LogP contribution in [-0.4, -0.2) is 33.5 Å². The number of H-pyrrole nitrogens is 1. The highest BCUT2D eigenvalue weighted by atomic mass is 32.2. The number of aromatic nitrogens is 2. The minimum atomic E-state index is -0.359. The van der Waals surface area contributed by atoms with Crippen molar-refractivity contribution < 1.29 is 9.59 Å². The summed E-state index contributed by atoms with van der Waals surface area (Å²) in [5.74, 6) is 0.440. The van der Waals surface area contributed by atoms with Gasteiger partial charge >= 0.3 is 0 Å². The minimum Gasteiger partial charge on any atom is -0.369 e. The van der Waals surface area contributed by atoms with Gasteiger partial charge in [0.15, 0.2) is 0 Å². The van der Waals surface area contributed by atoms with Crippen molar-refractivity contribution in [2.75, 3.05) is 11.5 Å². The van der Waals surface area contributed by atoms with Crippen molar-refractivity contribution in [3.8, 4) is 0 Å². The molecule has 94 valence electrons. The average molecular weight is 256 g/mol. The van der Waals surface area contributed by atoms with Crippen molar-refractivity contribution in [1.29, 1.82) is 0 Å². The molecule has 1 aromatic heterocycles. The molecular formula is C10H16N4O2S. The number of hydrogen-bond acceptors (Lipinski definition) is 4. The molecule has 6 nitrogen and oxygen atoms in total. The van der Waals surface area contributed by atoms with Gasteiger partial charge in [0.05, 0.1) is 18.0 Å². The number of thioether (sulfide) groups is 1. The fourth-order valence-electron chi connectivity index (χ4n) is 1.23. The Hall–Kier alpha value is -1.50. The van der Waals surface area contributed by atoms with Gasteiger partial charge in [-0.2, -0.15) is 16.9 Å². The Kier molecular flexibility index (Phi) is 5.55. The fraction of sp³-hybridized carbons (Fsp3) is 0.500. The number of nitrogens with one attached hydrogen (secondary N) is 2. The summed E-state index contributed by atoms with van der Waals surface area (Å²) >= 11 is 1.36. The van der Waals surface area contributed by atoms with E-state index in [0.717, 1.165) is 5.56 Å². The van der Waals surface area contributed by atoms with Crippen LogP contribution >= 0.6 is 11.8 Å². The Bertz CT molecular complexity index is 366. The molecule has 0 radical (unpaired) electrons. The fourth-order valence-corrected chi connectivity index (χ4v) is 1.91. The Labute approximate surface area is 104 Å². The van der Waals surface area contributed by atoms with E-state index >= 15 is 0 Å². The maximum atomic E-state index is 11.5. The molecule has 2 amide bonds. The van der Waals surface area contributed by atoms with Crippen LogP contribution in [0.4, 0.5) is 0 Å². The van der Waals surface area contributed by atoms with Crippen molar-refractivity contribution in [1.82, 2.24) is 15.5 Å². The van der Waals surface area contributed by atoms with E-state index in [1.165, 1.54) is 11.8 Å². The summed E-state index contributed by atoms with van der Waals surface area (Å²) in [5, 5.41) is 9.35. The summed E-state index contributed by atoms with van der Waals surface area (Å²) in [7, 11) is 0. The van der Waals surface area contributed by atoms with E-state index in [-0.39, 0.29) is 23.6 Å². The second kappa shape index (κ2) is 6.95. The van der Waals surface area contributed by atoms with Crippen LogP contribution in [0.3, 0.4) is 0 Å². The Morgan fingerprint density at radius 2 is 2.41 bits per heavy atom. The van der Waals surface area contributed by atoms with Gasteiger partial charge in [0.25, 0.3) is 0 Å². The number of carbonyl (C=O) groups is 2. The number of primary amides is 1. The predicted molar refractivity (Wildman–Crippen MR) is 66.3 cm³/mol. The molecule has 0 bridgehead atoms. The molecule has 1 atom stereocenters. The van der Waals surface area contributed by atoms with Crippen LogP contribution in [0.1, 0.15) is 24.9 Å². The van der Waals surface area contributed by atoms with Crippen LogP contribution in [0, 0.1) is 0 Å². The largest absolute Gasteiger partial charge is 0.369 e. The van der Waals surface area contributed by atoms with Gasteiger partial charge in [0, 0.05) is 23.9 Å². The molecule has 17 heavy (non-hydrogen) atoms. The zero-order valence-corrected chi connectivity index (χ0v) is 10.4. The van der Waals surface area contributed by atoms with E-state index in [0.29, 0.717) is 12.2 Å². The number of nitrogens with zero attached hydrogens (tertiary/aromatic N) is 1. The summed E-state index contributed by atoms with van der Waals surface area (Å²) in [6.45, 7) is 1.89. The Morgan fingerprint density at radius 1 is 1.65 bits per heavy atom. The van der Waals surface area contributed by atoms with Crippen molar-refractivity contribution in [3.05, 3.63) is 18.0 Å². The van der Waals surface area contributed by atoms with Crippen LogP contribution in [0.25, 0.3) is 0 Å². The third-order valence-electron chi connectivity index (χ3n) is 2.11. The van der Waals surface area contributed by atoms with Gasteiger partial charge in [0.1, 0.15) is 0 Å². The number of carbonyl (C=O) groups excluding carboxylic acids is 2. The molecule has 0 aliphatic rings. The maximum Gasteiger partial charge on any atom is 0.227 e. The molecule has 1 heterocycles. The third-order valence-corrected chi connectivity index (χ3v) is 3.10. The van der Waals surface area contributed by atoms with E-state index in [9.17, 15) is 9.59 Å². The lowest BCUT2D eigenvalue weighted by Crippen LogP contribution is -2.26. The quantitative estimate of drug-likeness (QED) is 0.606. The summed E-state index contributed by atoms with van der Waals surface area (Å²) < 4.78 is 0. The number of rotatable bonds is 7. The van der Waals surface area contributed by atoms with E-state index in [1.54, 1.807) is 12.4 Å². The molecule has 0 saturated carbocycles. The first-order valence-corrected chi connectivity index (χ1v) is 6.39. The van der Waals surface area contributed by atoms with Gasteiger partial charge in [-0.25, -0.2) is 0 Å². The average Bonchev–Trinajstić information content (AvgIpc) is 2.77. The Morgan fingerprint density at radius 3 is 3.00 bits per heavy atom. The SMILES string of the molecule is CC(NC(=O)CCSCC(N)=O)c1cn[nH]c1. The molecule has 0 aromatic carbocycles. The number of hydrogen-bond donors (Lipinski definition) is 3. The monoisotopic (exact) mass is 256 g/mol. The molecule has 0 aliphatic heterocycles. The molecular weight excluding hydrogens is 240 g/mol. The normalized spacial score (nSPS) is 12.1. The summed E-state index contributed by atoms with van der Waals surface area (Å²) in [4.78, 5) is 22.0. The summed E-state index contributed by atoms with van der Waals surface area (Å²) in [6, 6.07) is -0.0672. The lowest BCUT2D eigenvalue weighted by Gasteiger charge is -2.11.